The van der Waals surface area contributed by atoms with Gasteiger partial charge < -0.3 is 9.84 Å². The van der Waals surface area contributed by atoms with E-state index in [1.807, 2.05) is 13.8 Å². The molecule has 1 aliphatic rings. The number of carbonyl (C=O) groups excluding carboxylic acids is 1. The maximum absolute atomic E-state index is 11.7. The number of carboxylic acids is 1. The highest BCUT2D eigenvalue weighted by atomic mass is 16.5. The normalized spacial score (nSPS) is 27.0. The Labute approximate surface area is 89.6 Å². The summed E-state index contributed by atoms with van der Waals surface area (Å²) in [5, 5.41) is 9.17. The standard InChI is InChI=1S/C11H18O4/c1-8(2)3-5-11(10(13)14)7-15-6-4-9(11)12/h8H,3-7H2,1-2H3,(H,13,14). The van der Waals surface area contributed by atoms with E-state index in [9.17, 15) is 14.7 Å². The molecule has 15 heavy (non-hydrogen) atoms. The highest BCUT2D eigenvalue weighted by molar-refractivity contribution is 6.03. The Hall–Kier alpha value is -0.900. The van der Waals surface area contributed by atoms with Gasteiger partial charge in [0.1, 0.15) is 5.41 Å². The lowest BCUT2D eigenvalue weighted by atomic mass is 9.76. The molecule has 1 fully saturated rings. The summed E-state index contributed by atoms with van der Waals surface area (Å²) in [6.07, 6.45) is 1.35. The van der Waals surface area contributed by atoms with Crippen LogP contribution in [-0.2, 0) is 14.3 Å². The molecule has 0 aromatic rings. The lowest BCUT2D eigenvalue weighted by Crippen LogP contribution is -2.47. The van der Waals surface area contributed by atoms with Gasteiger partial charge >= 0.3 is 5.97 Å². The third-order valence-corrected chi connectivity index (χ3v) is 2.91. The lowest BCUT2D eigenvalue weighted by molar-refractivity contribution is -0.165. The highest BCUT2D eigenvalue weighted by Crippen LogP contribution is 2.32. The number of aliphatic carboxylic acids is 1. The second kappa shape index (κ2) is 4.75. The molecule has 4 nitrogen and oxygen atoms in total. The monoisotopic (exact) mass is 214 g/mol. The molecule has 1 unspecified atom stereocenters. The van der Waals surface area contributed by atoms with E-state index in [1.165, 1.54) is 0 Å². The third kappa shape index (κ3) is 2.56. The van der Waals surface area contributed by atoms with Crippen LogP contribution in [0.5, 0.6) is 0 Å². The Balaban J connectivity index is 2.77. The Kier molecular flexibility index (Phi) is 3.85. The van der Waals surface area contributed by atoms with Crippen molar-refractivity contribution in [3.63, 3.8) is 0 Å². The summed E-state index contributed by atoms with van der Waals surface area (Å²) in [5.41, 5.74) is -1.28. The van der Waals surface area contributed by atoms with Gasteiger partial charge in [-0.15, -0.1) is 0 Å². The largest absolute Gasteiger partial charge is 0.480 e. The van der Waals surface area contributed by atoms with E-state index in [1.54, 1.807) is 0 Å². The molecule has 0 aromatic carbocycles. The van der Waals surface area contributed by atoms with Gasteiger partial charge in [-0.1, -0.05) is 13.8 Å². The highest BCUT2D eigenvalue weighted by Gasteiger charge is 2.47. The van der Waals surface area contributed by atoms with E-state index >= 15 is 0 Å². The van der Waals surface area contributed by atoms with Gasteiger partial charge in [0.05, 0.1) is 13.2 Å². The minimum absolute atomic E-state index is 0.0356. The van der Waals surface area contributed by atoms with E-state index in [-0.39, 0.29) is 18.8 Å². The molecule has 0 saturated carbocycles. The number of ether oxygens (including phenoxy) is 1. The fourth-order valence-electron chi connectivity index (χ4n) is 1.77. The van der Waals surface area contributed by atoms with Gasteiger partial charge in [0.25, 0.3) is 0 Å². The minimum Gasteiger partial charge on any atom is -0.480 e. The van der Waals surface area contributed by atoms with Crippen molar-refractivity contribution >= 4 is 11.8 Å². The maximum atomic E-state index is 11.7. The average Bonchev–Trinajstić information content (AvgIpc) is 2.16. The summed E-state index contributed by atoms with van der Waals surface area (Å²) >= 11 is 0. The van der Waals surface area contributed by atoms with Crippen molar-refractivity contribution in [2.75, 3.05) is 13.2 Å². The van der Waals surface area contributed by atoms with Crippen LogP contribution >= 0.6 is 0 Å². The summed E-state index contributed by atoms with van der Waals surface area (Å²) in [5.74, 6) is -0.814. The topological polar surface area (TPSA) is 63.6 Å². The average molecular weight is 214 g/mol. The molecule has 0 bridgehead atoms. The molecule has 0 radical (unpaired) electrons. The summed E-state index contributed by atoms with van der Waals surface area (Å²) in [7, 11) is 0. The second-order valence-electron chi connectivity index (χ2n) is 4.55. The van der Waals surface area contributed by atoms with Crippen LogP contribution in [0.2, 0.25) is 0 Å². The van der Waals surface area contributed by atoms with Crippen LogP contribution in [0, 0.1) is 11.3 Å². The van der Waals surface area contributed by atoms with Crippen molar-refractivity contribution in [1.82, 2.24) is 0 Å². The van der Waals surface area contributed by atoms with Crippen molar-refractivity contribution in [2.24, 2.45) is 11.3 Å². The van der Waals surface area contributed by atoms with Crippen LogP contribution in [0.1, 0.15) is 33.1 Å². The van der Waals surface area contributed by atoms with Crippen LogP contribution in [0.25, 0.3) is 0 Å². The van der Waals surface area contributed by atoms with Crippen LogP contribution in [-0.4, -0.2) is 30.1 Å². The van der Waals surface area contributed by atoms with E-state index in [2.05, 4.69) is 0 Å². The fraction of sp³-hybridized carbons (Fsp3) is 0.818. The smallest absolute Gasteiger partial charge is 0.319 e. The SMILES string of the molecule is CC(C)CCC1(C(=O)O)COCCC1=O. The molecule has 0 aliphatic carbocycles. The maximum Gasteiger partial charge on any atom is 0.319 e. The van der Waals surface area contributed by atoms with Gasteiger partial charge in [0.2, 0.25) is 0 Å². The summed E-state index contributed by atoms with van der Waals surface area (Å²) in [6, 6.07) is 0. The van der Waals surface area contributed by atoms with E-state index in [0.29, 0.717) is 18.9 Å². The molecule has 4 heteroatoms. The molecule has 0 aromatic heterocycles. The molecule has 1 heterocycles. The molecule has 0 amide bonds. The molecule has 1 saturated heterocycles. The van der Waals surface area contributed by atoms with Crippen LogP contribution in [0.15, 0.2) is 0 Å². The van der Waals surface area contributed by atoms with Crippen LogP contribution in [0.4, 0.5) is 0 Å². The van der Waals surface area contributed by atoms with E-state index in [4.69, 9.17) is 4.74 Å². The summed E-state index contributed by atoms with van der Waals surface area (Å²) in [6.45, 7) is 4.43. The molecule has 1 aliphatic heterocycles. The first kappa shape index (κ1) is 12.2. The van der Waals surface area contributed by atoms with Gasteiger partial charge in [-0.3, -0.25) is 9.59 Å². The molecular weight excluding hydrogens is 196 g/mol. The van der Waals surface area contributed by atoms with Crippen LogP contribution in [0.3, 0.4) is 0 Å². The Morgan fingerprint density at radius 3 is 2.73 bits per heavy atom. The predicted octanol–water partition coefficient (Wildman–Crippen LogP) is 1.48. The van der Waals surface area contributed by atoms with Crippen molar-refractivity contribution < 1.29 is 19.4 Å². The molecule has 1 rings (SSSR count). The van der Waals surface area contributed by atoms with Gasteiger partial charge in [-0.2, -0.15) is 0 Å². The molecule has 86 valence electrons. The number of carboxylic acid groups (broad SMARTS) is 1. The Morgan fingerprint density at radius 1 is 1.60 bits per heavy atom. The molecule has 0 spiro atoms. The van der Waals surface area contributed by atoms with Crippen molar-refractivity contribution in [3.8, 4) is 0 Å². The van der Waals surface area contributed by atoms with E-state index in [0.717, 1.165) is 6.42 Å². The Morgan fingerprint density at radius 2 is 2.27 bits per heavy atom. The van der Waals surface area contributed by atoms with Crippen molar-refractivity contribution in [1.29, 1.82) is 0 Å². The zero-order chi connectivity index (χ0) is 11.5. The van der Waals surface area contributed by atoms with Gasteiger partial charge in [0.15, 0.2) is 5.78 Å². The summed E-state index contributed by atoms with van der Waals surface area (Å²) in [4.78, 5) is 22.9. The van der Waals surface area contributed by atoms with Crippen molar-refractivity contribution in [2.45, 2.75) is 33.1 Å². The second-order valence-corrected chi connectivity index (χ2v) is 4.55. The zero-order valence-electron chi connectivity index (χ0n) is 9.28. The van der Waals surface area contributed by atoms with Gasteiger partial charge in [-0.25, -0.2) is 0 Å². The molecule has 1 N–H and O–H groups in total. The predicted molar refractivity (Wildman–Crippen MR) is 54.6 cm³/mol. The first-order valence-electron chi connectivity index (χ1n) is 5.33. The third-order valence-electron chi connectivity index (χ3n) is 2.91. The zero-order valence-corrected chi connectivity index (χ0v) is 9.28. The van der Waals surface area contributed by atoms with Crippen molar-refractivity contribution in [3.05, 3.63) is 0 Å². The number of hydrogen-bond donors (Lipinski definition) is 1. The Bertz CT molecular complexity index is 259. The quantitative estimate of drug-likeness (QED) is 0.720. The first-order chi connectivity index (χ1) is 6.99. The number of hydrogen-bond acceptors (Lipinski definition) is 3. The van der Waals surface area contributed by atoms with Gasteiger partial charge in [-0.05, 0) is 18.8 Å². The molecular formula is C11H18O4. The molecule has 1 atom stereocenters. The lowest BCUT2D eigenvalue weighted by Gasteiger charge is -2.31. The van der Waals surface area contributed by atoms with E-state index < -0.39 is 11.4 Å². The minimum atomic E-state index is -1.28. The number of carbonyl (C=O) groups is 2. The first-order valence-corrected chi connectivity index (χ1v) is 5.33. The summed E-state index contributed by atoms with van der Waals surface area (Å²) < 4.78 is 5.15. The number of ketones is 1. The fourth-order valence-corrected chi connectivity index (χ4v) is 1.77. The van der Waals surface area contributed by atoms with Crippen LogP contribution < -0.4 is 0 Å². The number of rotatable bonds is 4. The number of Topliss-reactive ketones (excluding diaryl/α,β-unsaturated/α-hetero) is 1. The van der Waals surface area contributed by atoms with Gasteiger partial charge in [0, 0.05) is 6.42 Å².